The van der Waals surface area contributed by atoms with Gasteiger partial charge in [-0.15, -0.1) is 0 Å². The fourth-order valence-corrected chi connectivity index (χ4v) is 3.70. The smallest absolute Gasteiger partial charge is 0.423 e. The van der Waals surface area contributed by atoms with Gasteiger partial charge in [0.1, 0.15) is 29.0 Å². The summed E-state index contributed by atoms with van der Waals surface area (Å²) in [7, 11) is 0. The number of rotatable bonds is 6. The van der Waals surface area contributed by atoms with E-state index < -0.39 is 23.3 Å². The number of pyridine rings is 1. The number of carbonyl (C=O) groups is 1. The summed E-state index contributed by atoms with van der Waals surface area (Å²) in [5.74, 6) is -1.34. The number of nitrogens with one attached hydrogen (secondary N) is 1. The molecule has 2 aromatic heterocycles. The normalized spacial score (nSPS) is 11.0. The van der Waals surface area contributed by atoms with Gasteiger partial charge in [-0.1, -0.05) is 17.7 Å². The van der Waals surface area contributed by atoms with E-state index in [1.54, 1.807) is 37.4 Å². The van der Waals surface area contributed by atoms with Gasteiger partial charge in [-0.3, -0.25) is 9.47 Å². The fraction of sp³-hybridized carbons (Fsp3) is 0.130. The molecule has 2 N–H and O–H groups in total. The van der Waals surface area contributed by atoms with Crippen LogP contribution in [0.15, 0.2) is 59.5 Å². The van der Waals surface area contributed by atoms with Gasteiger partial charge in [-0.05, 0) is 42.8 Å². The predicted octanol–water partition coefficient (Wildman–Crippen LogP) is 4.89. The highest BCUT2D eigenvalue weighted by atomic mass is 35.5. The van der Waals surface area contributed by atoms with E-state index in [4.69, 9.17) is 21.4 Å². The van der Waals surface area contributed by atoms with Crippen LogP contribution in [0.2, 0.25) is 5.02 Å². The van der Waals surface area contributed by atoms with Crippen molar-refractivity contribution in [2.75, 3.05) is 5.43 Å². The van der Waals surface area contributed by atoms with Gasteiger partial charge in [0, 0.05) is 35.0 Å². The number of fused-ring (bicyclic) bond motifs is 1. The van der Waals surface area contributed by atoms with Gasteiger partial charge in [-0.2, -0.15) is 0 Å². The topological polar surface area (TPSA) is 85.5 Å². The van der Waals surface area contributed by atoms with Crippen LogP contribution < -0.4 is 15.7 Å². The highest BCUT2D eigenvalue weighted by Crippen LogP contribution is 2.24. The molecule has 0 atom stereocenters. The second kappa shape index (κ2) is 8.95. The van der Waals surface area contributed by atoms with E-state index in [0.29, 0.717) is 11.2 Å². The average Bonchev–Trinajstić information content (AvgIpc) is 3.15. The van der Waals surface area contributed by atoms with E-state index in [0.717, 1.165) is 23.1 Å². The molecule has 0 bridgehead atoms. The first kappa shape index (κ1) is 22.3. The van der Waals surface area contributed by atoms with E-state index in [1.165, 1.54) is 15.3 Å². The Balaban J connectivity index is 1.57. The summed E-state index contributed by atoms with van der Waals surface area (Å²) in [6, 6.07) is 11.8. The molecule has 0 unspecified atom stereocenters. The second-order valence-corrected chi connectivity index (χ2v) is 7.75. The Morgan fingerprint density at radius 2 is 1.94 bits per heavy atom. The molecule has 1 amide bonds. The SMILES string of the molecule is Cc1cc(OCc2ccc(F)cc2F)c(Cl)c(=O)n1Cc1ccc2c(ccn2NC(=O)O)c1. The van der Waals surface area contributed by atoms with Crippen molar-refractivity contribution in [3.63, 3.8) is 0 Å². The van der Waals surface area contributed by atoms with Crippen LogP contribution in [0.3, 0.4) is 0 Å². The maximum Gasteiger partial charge on any atom is 0.423 e. The quantitative estimate of drug-likeness (QED) is 0.417. The van der Waals surface area contributed by atoms with Gasteiger partial charge in [-0.25, -0.2) is 19.0 Å². The Labute approximate surface area is 191 Å². The summed E-state index contributed by atoms with van der Waals surface area (Å²) in [5, 5.41) is 9.54. The summed E-state index contributed by atoms with van der Waals surface area (Å²) in [4.78, 5) is 23.8. The van der Waals surface area contributed by atoms with Crippen molar-refractivity contribution < 1.29 is 23.4 Å². The minimum absolute atomic E-state index is 0.103. The lowest BCUT2D eigenvalue weighted by Gasteiger charge is -2.15. The number of nitrogens with zero attached hydrogens (tertiary/aromatic N) is 2. The Hall–Kier alpha value is -3.85. The molecule has 0 aliphatic carbocycles. The number of aromatic nitrogens is 2. The minimum Gasteiger partial charge on any atom is -0.487 e. The molecule has 0 aliphatic heterocycles. The summed E-state index contributed by atoms with van der Waals surface area (Å²) in [6.07, 6.45) is 0.408. The van der Waals surface area contributed by atoms with Gasteiger partial charge in [0.15, 0.2) is 0 Å². The Bertz CT molecular complexity index is 1430. The van der Waals surface area contributed by atoms with Crippen LogP contribution in [0, 0.1) is 18.6 Å². The zero-order chi connectivity index (χ0) is 23.7. The number of ether oxygens (including phenoxy) is 1. The number of amides is 1. The number of carboxylic acid groups (broad SMARTS) is 1. The Morgan fingerprint density at radius 3 is 2.67 bits per heavy atom. The van der Waals surface area contributed by atoms with E-state index in [-0.39, 0.29) is 29.5 Å². The molecule has 0 fully saturated rings. The number of halogens is 3. The number of benzene rings is 2. The number of aryl methyl sites for hydroxylation is 1. The molecule has 10 heteroatoms. The number of hydrogen-bond donors (Lipinski definition) is 2. The lowest BCUT2D eigenvalue weighted by atomic mass is 10.1. The predicted molar refractivity (Wildman–Crippen MR) is 120 cm³/mol. The van der Waals surface area contributed by atoms with Gasteiger partial charge < -0.3 is 14.4 Å². The third-order valence-electron chi connectivity index (χ3n) is 5.12. The minimum atomic E-state index is -1.18. The second-order valence-electron chi connectivity index (χ2n) is 7.38. The van der Waals surface area contributed by atoms with Crippen molar-refractivity contribution in [1.29, 1.82) is 0 Å². The van der Waals surface area contributed by atoms with Crippen molar-refractivity contribution in [1.82, 2.24) is 9.24 Å². The molecule has 4 aromatic rings. The molecule has 7 nitrogen and oxygen atoms in total. The highest BCUT2D eigenvalue weighted by Gasteiger charge is 2.15. The van der Waals surface area contributed by atoms with Crippen LogP contribution in [-0.4, -0.2) is 20.4 Å². The van der Waals surface area contributed by atoms with E-state index in [1.807, 2.05) is 6.07 Å². The van der Waals surface area contributed by atoms with Crippen LogP contribution in [0.1, 0.15) is 16.8 Å². The molecular weight excluding hydrogens is 456 g/mol. The standard InChI is InChI=1S/C23H18ClF2N3O4/c1-13-8-20(33-12-16-3-4-17(25)10-18(16)26)21(24)22(30)28(13)11-14-2-5-19-15(9-14)6-7-29(19)27-23(31)32/h2-10,27H,11-12H2,1H3,(H,31,32). The lowest BCUT2D eigenvalue weighted by molar-refractivity contribution is 0.206. The Morgan fingerprint density at radius 1 is 1.15 bits per heavy atom. The van der Waals surface area contributed by atoms with Crippen LogP contribution in [0.4, 0.5) is 13.6 Å². The van der Waals surface area contributed by atoms with Gasteiger partial charge >= 0.3 is 6.09 Å². The van der Waals surface area contributed by atoms with Gasteiger partial charge in [0.25, 0.3) is 5.56 Å². The molecule has 2 heterocycles. The summed E-state index contributed by atoms with van der Waals surface area (Å²) < 4.78 is 35.3. The van der Waals surface area contributed by atoms with Crippen molar-refractivity contribution in [3.05, 3.63) is 98.6 Å². The summed E-state index contributed by atoms with van der Waals surface area (Å²) in [5.41, 5.74) is 3.96. The molecule has 170 valence electrons. The average molecular weight is 474 g/mol. The monoisotopic (exact) mass is 473 g/mol. The van der Waals surface area contributed by atoms with Crippen LogP contribution in [0.25, 0.3) is 10.9 Å². The van der Waals surface area contributed by atoms with Crippen molar-refractivity contribution in [2.45, 2.75) is 20.1 Å². The first-order chi connectivity index (χ1) is 15.7. The van der Waals surface area contributed by atoms with Gasteiger partial charge in [0.05, 0.1) is 12.1 Å². The van der Waals surface area contributed by atoms with E-state index in [2.05, 4.69) is 5.43 Å². The molecule has 4 rings (SSSR count). The van der Waals surface area contributed by atoms with Crippen LogP contribution in [-0.2, 0) is 13.2 Å². The molecule has 0 spiro atoms. The zero-order valence-electron chi connectivity index (χ0n) is 17.3. The molecule has 2 aromatic carbocycles. The summed E-state index contributed by atoms with van der Waals surface area (Å²) >= 11 is 6.24. The highest BCUT2D eigenvalue weighted by molar-refractivity contribution is 6.31. The molecule has 33 heavy (non-hydrogen) atoms. The van der Waals surface area contributed by atoms with Crippen LogP contribution in [0.5, 0.6) is 5.75 Å². The molecular formula is C23H18ClF2N3O4. The number of hydrogen-bond acceptors (Lipinski definition) is 3. The molecule has 0 saturated carbocycles. The van der Waals surface area contributed by atoms with Crippen molar-refractivity contribution in [3.8, 4) is 5.75 Å². The first-order valence-corrected chi connectivity index (χ1v) is 10.2. The third-order valence-corrected chi connectivity index (χ3v) is 5.47. The molecule has 0 radical (unpaired) electrons. The molecule has 0 aliphatic rings. The van der Waals surface area contributed by atoms with Crippen molar-refractivity contribution in [2.24, 2.45) is 0 Å². The zero-order valence-corrected chi connectivity index (χ0v) is 18.1. The maximum absolute atomic E-state index is 13.8. The Kier molecular flexibility index (Phi) is 6.06. The third kappa shape index (κ3) is 4.68. The van der Waals surface area contributed by atoms with E-state index >= 15 is 0 Å². The lowest BCUT2D eigenvalue weighted by Crippen LogP contribution is -2.24. The molecule has 0 saturated heterocycles. The first-order valence-electron chi connectivity index (χ1n) is 9.79. The largest absolute Gasteiger partial charge is 0.487 e. The maximum atomic E-state index is 13.8. The van der Waals surface area contributed by atoms with E-state index in [9.17, 15) is 18.4 Å². The van der Waals surface area contributed by atoms with Gasteiger partial charge in [0.2, 0.25) is 0 Å². The fourth-order valence-electron chi connectivity index (χ4n) is 3.48. The van der Waals surface area contributed by atoms with Crippen LogP contribution >= 0.6 is 11.6 Å². The van der Waals surface area contributed by atoms with Crippen molar-refractivity contribution >= 4 is 28.6 Å². The summed E-state index contributed by atoms with van der Waals surface area (Å²) in [6.45, 7) is 1.73.